The van der Waals surface area contributed by atoms with E-state index in [9.17, 15) is 19.4 Å². The third-order valence-corrected chi connectivity index (χ3v) is 13.4. The second kappa shape index (κ2) is 46.8. The van der Waals surface area contributed by atoms with Crippen molar-refractivity contribution in [1.82, 2.24) is 5.32 Å². The van der Waals surface area contributed by atoms with E-state index in [1.165, 1.54) is 193 Å². The molecule has 0 aliphatic heterocycles. The van der Waals surface area contributed by atoms with Gasteiger partial charge in [0, 0.05) is 6.42 Å². The number of hydrogen-bond donors (Lipinski definition) is 3. The number of allylic oxidation sites excluding steroid dienone is 5. The molecule has 0 aromatic rings. The zero-order chi connectivity index (χ0) is 47.1. The molecule has 0 bridgehead atoms. The molecule has 1 amide bonds. The number of hydrogen-bond acceptors (Lipinski definition) is 5. The van der Waals surface area contributed by atoms with Crippen LogP contribution in [0.2, 0.25) is 0 Å². The molecule has 0 saturated heterocycles. The molecule has 3 N–H and O–H groups in total. The molecule has 0 aliphatic carbocycles. The van der Waals surface area contributed by atoms with Crippen LogP contribution in [0, 0.1) is 0 Å². The first-order chi connectivity index (χ1) is 31.0. The Kier molecular flexibility index (Phi) is 45.9. The van der Waals surface area contributed by atoms with Gasteiger partial charge >= 0.3 is 7.82 Å². The third kappa shape index (κ3) is 48.6. The van der Waals surface area contributed by atoms with Gasteiger partial charge in [-0.3, -0.25) is 13.8 Å². The van der Waals surface area contributed by atoms with Crippen LogP contribution in [0.25, 0.3) is 0 Å². The van der Waals surface area contributed by atoms with Crippen LogP contribution in [0.15, 0.2) is 36.5 Å². The van der Waals surface area contributed by atoms with Gasteiger partial charge in [-0.15, -0.1) is 0 Å². The lowest BCUT2D eigenvalue weighted by atomic mass is 10.0. The molecular formula is C55H108N2O6P+. The van der Waals surface area contributed by atoms with Crippen LogP contribution in [-0.4, -0.2) is 73.4 Å². The fourth-order valence-corrected chi connectivity index (χ4v) is 8.88. The topological polar surface area (TPSA) is 105 Å². The molecule has 0 saturated carbocycles. The summed E-state index contributed by atoms with van der Waals surface area (Å²) >= 11 is 0. The maximum atomic E-state index is 12.9. The number of carbonyl (C=O) groups excluding carboxylic acids is 1. The standard InChI is InChI=1S/C55H107N2O6P/c1-6-8-10-12-14-16-17-18-19-20-21-22-23-24-25-26-27-28-29-30-31-32-33-34-35-36-37-38-39-41-43-45-47-49-55(59)56-53(52-63-64(60,61)62-51-50-57(3,4)5)54(58)48-46-44-42-40-15-13-11-9-7-2/h7,9,15,40,46,48,53-54,58H,6,8,10-14,16-39,41-45,47,49-52H2,1-5H3,(H-,56,59,60,61)/p+1/b9-7+,40-15+,48-46+. The molecule has 0 rings (SSSR count). The number of carbonyl (C=O) groups is 1. The normalized spacial score (nSPS) is 14.3. The van der Waals surface area contributed by atoms with E-state index in [0.29, 0.717) is 17.4 Å². The minimum Gasteiger partial charge on any atom is -0.387 e. The number of nitrogens with zero attached hydrogens (tertiary/aromatic N) is 1. The molecule has 0 heterocycles. The predicted molar refractivity (Wildman–Crippen MR) is 277 cm³/mol. The average molecular weight is 924 g/mol. The highest BCUT2D eigenvalue weighted by Gasteiger charge is 2.27. The van der Waals surface area contributed by atoms with Crippen molar-refractivity contribution in [2.45, 2.75) is 270 Å². The highest BCUT2D eigenvalue weighted by Crippen LogP contribution is 2.43. The number of quaternary nitrogens is 1. The predicted octanol–water partition coefficient (Wildman–Crippen LogP) is 16.2. The molecule has 0 radical (unpaired) electrons. The number of nitrogens with one attached hydrogen (secondary N) is 1. The number of likely N-dealkylation sites (N-methyl/N-ethyl adjacent to an activating group) is 1. The molecule has 0 aromatic carbocycles. The lowest BCUT2D eigenvalue weighted by Crippen LogP contribution is -2.45. The second-order valence-electron chi connectivity index (χ2n) is 20.0. The van der Waals surface area contributed by atoms with Crippen LogP contribution < -0.4 is 5.32 Å². The maximum absolute atomic E-state index is 12.9. The van der Waals surface area contributed by atoms with Gasteiger partial charge in [-0.2, -0.15) is 0 Å². The van der Waals surface area contributed by atoms with E-state index in [-0.39, 0.29) is 19.1 Å². The van der Waals surface area contributed by atoms with E-state index in [1.807, 2.05) is 34.1 Å². The molecule has 8 nitrogen and oxygen atoms in total. The first-order valence-electron chi connectivity index (χ1n) is 27.3. The molecule has 0 fully saturated rings. The molecule has 9 heteroatoms. The van der Waals surface area contributed by atoms with Crippen molar-refractivity contribution in [3.05, 3.63) is 36.5 Å². The zero-order valence-electron chi connectivity index (χ0n) is 43.0. The summed E-state index contributed by atoms with van der Waals surface area (Å²) in [5.41, 5.74) is 0. The number of phosphoric ester groups is 1. The number of aliphatic hydroxyl groups excluding tert-OH is 1. The fraction of sp³-hybridized carbons (Fsp3) is 0.873. The average Bonchev–Trinajstić information content (AvgIpc) is 3.25. The van der Waals surface area contributed by atoms with E-state index < -0.39 is 20.0 Å². The van der Waals surface area contributed by atoms with E-state index in [1.54, 1.807) is 6.08 Å². The van der Waals surface area contributed by atoms with Crippen molar-refractivity contribution in [3.8, 4) is 0 Å². The minimum absolute atomic E-state index is 0.0543. The van der Waals surface area contributed by atoms with Gasteiger partial charge in [0.25, 0.3) is 0 Å². The molecular weight excluding hydrogens is 816 g/mol. The van der Waals surface area contributed by atoms with Crippen LogP contribution in [0.4, 0.5) is 0 Å². The van der Waals surface area contributed by atoms with Gasteiger partial charge < -0.3 is 19.8 Å². The molecule has 64 heavy (non-hydrogen) atoms. The summed E-state index contributed by atoms with van der Waals surface area (Å²) in [5, 5.41) is 13.8. The Bertz CT molecular complexity index is 1140. The van der Waals surface area contributed by atoms with E-state index in [2.05, 4.69) is 36.5 Å². The van der Waals surface area contributed by atoms with Crippen molar-refractivity contribution in [2.24, 2.45) is 0 Å². The van der Waals surface area contributed by atoms with Crippen LogP contribution in [-0.2, 0) is 18.4 Å². The molecule has 0 aromatic heterocycles. The lowest BCUT2D eigenvalue weighted by Gasteiger charge is -2.25. The van der Waals surface area contributed by atoms with Gasteiger partial charge in [0.05, 0.1) is 39.9 Å². The maximum Gasteiger partial charge on any atom is 0.472 e. The Morgan fingerprint density at radius 2 is 0.891 bits per heavy atom. The Morgan fingerprint density at radius 3 is 1.25 bits per heavy atom. The number of unbranched alkanes of at least 4 members (excludes halogenated alkanes) is 34. The van der Waals surface area contributed by atoms with Crippen LogP contribution >= 0.6 is 7.82 Å². The third-order valence-electron chi connectivity index (χ3n) is 12.4. The van der Waals surface area contributed by atoms with Crippen molar-refractivity contribution in [3.63, 3.8) is 0 Å². The summed E-state index contributed by atoms with van der Waals surface area (Å²) in [6.45, 7) is 4.57. The van der Waals surface area contributed by atoms with E-state index in [0.717, 1.165) is 44.9 Å². The van der Waals surface area contributed by atoms with E-state index >= 15 is 0 Å². The highest BCUT2D eigenvalue weighted by atomic mass is 31.2. The molecule has 3 unspecified atom stereocenters. The zero-order valence-corrected chi connectivity index (χ0v) is 43.9. The summed E-state index contributed by atoms with van der Waals surface area (Å²) in [4.78, 5) is 23.1. The first-order valence-corrected chi connectivity index (χ1v) is 28.8. The Hall–Kier alpha value is -1.28. The molecule has 0 spiro atoms. The monoisotopic (exact) mass is 924 g/mol. The smallest absolute Gasteiger partial charge is 0.387 e. The van der Waals surface area contributed by atoms with Crippen molar-refractivity contribution >= 4 is 13.7 Å². The van der Waals surface area contributed by atoms with Gasteiger partial charge in [0.2, 0.25) is 5.91 Å². The minimum atomic E-state index is -4.34. The molecule has 3 atom stereocenters. The second-order valence-corrected chi connectivity index (χ2v) is 21.4. The Balaban J connectivity index is 3.88. The first kappa shape index (κ1) is 62.7. The summed E-state index contributed by atoms with van der Waals surface area (Å²) in [5.74, 6) is -0.190. The van der Waals surface area contributed by atoms with Crippen molar-refractivity contribution in [1.29, 1.82) is 0 Å². The van der Waals surface area contributed by atoms with Gasteiger partial charge in [-0.05, 0) is 39.0 Å². The lowest BCUT2D eigenvalue weighted by molar-refractivity contribution is -0.870. The quantitative estimate of drug-likeness (QED) is 0.0243. The number of phosphoric acid groups is 1. The van der Waals surface area contributed by atoms with Gasteiger partial charge in [-0.1, -0.05) is 249 Å². The molecule has 0 aliphatic rings. The van der Waals surface area contributed by atoms with Crippen LogP contribution in [0.1, 0.15) is 258 Å². The van der Waals surface area contributed by atoms with Gasteiger partial charge in [-0.25, -0.2) is 4.57 Å². The van der Waals surface area contributed by atoms with Crippen molar-refractivity contribution in [2.75, 3.05) is 40.9 Å². The van der Waals surface area contributed by atoms with Crippen LogP contribution in [0.5, 0.6) is 0 Å². The summed E-state index contributed by atoms with van der Waals surface area (Å²) < 4.78 is 23.5. The Labute approximate surface area is 397 Å². The van der Waals surface area contributed by atoms with Crippen molar-refractivity contribution < 1.29 is 32.9 Å². The Morgan fingerprint density at radius 1 is 0.547 bits per heavy atom. The number of aliphatic hydroxyl groups is 1. The SMILES string of the molecule is C/C=C/CC/C=C/CC/C=C/C(O)C(COP(=O)(O)OCC[N+](C)(C)C)NC(=O)CCCCCCCCCCCCCCCCCCCCCCCCCCCCCCCCCCC. The summed E-state index contributed by atoms with van der Waals surface area (Å²) in [7, 11) is 1.55. The van der Waals surface area contributed by atoms with Crippen LogP contribution in [0.3, 0.4) is 0 Å². The summed E-state index contributed by atoms with van der Waals surface area (Å²) in [6.07, 6.45) is 60.2. The molecule has 378 valence electrons. The number of amides is 1. The van der Waals surface area contributed by atoms with Gasteiger partial charge in [0.15, 0.2) is 0 Å². The van der Waals surface area contributed by atoms with E-state index in [4.69, 9.17) is 9.05 Å². The fourth-order valence-electron chi connectivity index (χ4n) is 8.14. The number of rotatable bonds is 50. The van der Waals surface area contributed by atoms with Gasteiger partial charge in [0.1, 0.15) is 13.2 Å². The summed E-state index contributed by atoms with van der Waals surface area (Å²) in [6, 6.07) is -0.865. The highest BCUT2D eigenvalue weighted by molar-refractivity contribution is 7.47. The largest absolute Gasteiger partial charge is 0.472 e.